The van der Waals surface area contributed by atoms with Gasteiger partial charge < -0.3 is 9.47 Å². The highest BCUT2D eigenvalue weighted by Crippen LogP contribution is 2.02. The summed E-state index contributed by atoms with van der Waals surface area (Å²) in [6.45, 7) is 0.714. The van der Waals surface area contributed by atoms with Crippen LogP contribution in [-0.4, -0.2) is 43.9 Å². The fraction of sp³-hybridized carbons (Fsp3) is 0.429. The van der Waals surface area contributed by atoms with Crippen molar-refractivity contribution in [2.75, 3.05) is 13.6 Å². The molecule has 0 fully saturated rings. The van der Waals surface area contributed by atoms with Gasteiger partial charge in [-0.2, -0.15) is 0 Å². The Morgan fingerprint density at radius 2 is 2.15 bits per heavy atom. The topological polar surface area (TPSA) is 63.9 Å². The Balaban J connectivity index is 1.75. The molecule has 0 aromatic carbocycles. The van der Waals surface area contributed by atoms with E-state index in [0.717, 1.165) is 18.7 Å². The minimum Gasteiger partial charge on any atom is -0.345 e. The van der Waals surface area contributed by atoms with E-state index < -0.39 is 0 Å². The van der Waals surface area contributed by atoms with E-state index in [-0.39, 0.29) is 5.91 Å². The van der Waals surface area contributed by atoms with Crippen LogP contribution in [0.3, 0.4) is 0 Å². The lowest BCUT2D eigenvalue weighted by molar-refractivity contribution is -0.129. The van der Waals surface area contributed by atoms with E-state index in [1.54, 1.807) is 29.7 Å². The lowest BCUT2D eigenvalue weighted by Crippen LogP contribution is -2.29. The first-order valence-electron chi connectivity index (χ1n) is 6.62. The van der Waals surface area contributed by atoms with Crippen LogP contribution >= 0.6 is 0 Å². The Kier molecular flexibility index (Phi) is 4.81. The summed E-state index contributed by atoms with van der Waals surface area (Å²) in [6, 6.07) is 0. The van der Waals surface area contributed by atoms with Crippen molar-refractivity contribution in [1.82, 2.24) is 24.4 Å². The maximum Gasteiger partial charge on any atom is 0.228 e. The molecule has 106 valence electrons. The van der Waals surface area contributed by atoms with E-state index in [1.807, 2.05) is 24.9 Å². The van der Waals surface area contributed by atoms with Crippen LogP contribution in [0.5, 0.6) is 0 Å². The van der Waals surface area contributed by atoms with E-state index in [0.29, 0.717) is 18.7 Å². The van der Waals surface area contributed by atoms with Crippen LogP contribution in [0.15, 0.2) is 31.0 Å². The van der Waals surface area contributed by atoms with Gasteiger partial charge in [0.05, 0.1) is 12.1 Å². The summed E-state index contributed by atoms with van der Waals surface area (Å²) in [5.74, 6) is 1.10. The third kappa shape index (κ3) is 3.88. The maximum atomic E-state index is 12.0. The normalized spacial score (nSPS) is 10.5. The van der Waals surface area contributed by atoms with Gasteiger partial charge in [-0.05, 0) is 6.42 Å². The summed E-state index contributed by atoms with van der Waals surface area (Å²) in [5.41, 5.74) is 0.702. The van der Waals surface area contributed by atoms with E-state index in [9.17, 15) is 4.79 Å². The summed E-state index contributed by atoms with van der Waals surface area (Å²) >= 11 is 0. The van der Waals surface area contributed by atoms with Crippen molar-refractivity contribution in [3.05, 3.63) is 42.5 Å². The molecule has 2 heterocycles. The Hall–Kier alpha value is -2.24. The highest BCUT2D eigenvalue weighted by Gasteiger charge is 2.10. The summed E-state index contributed by atoms with van der Waals surface area (Å²) < 4.78 is 2.00. The molecule has 0 aliphatic carbocycles. The fourth-order valence-corrected chi connectivity index (χ4v) is 1.95. The van der Waals surface area contributed by atoms with Gasteiger partial charge >= 0.3 is 0 Å². The van der Waals surface area contributed by atoms with Gasteiger partial charge in [0.25, 0.3) is 0 Å². The number of likely N-dealkylation sites (N-methyl/N-ethyl adjacent to an activating group) is 1. The van der Waals surface area contributed by atoms with Gasteiger partial charge in [0.2, 0.25) is 5.91 Å². The zero-order chi connectivity index (χ0) is 14.4. The minimum absolute atomic E-state index is 0.0605. The number of rotatable bonds is 6. The standard InChI is InChI=1S/C14H19N5O/c1-18-9-7-17-13(18)4-3-8-19(2)14(20)10-12-11-15-5-6-16-12/h5-7,9,11H,3-4,8,10H2,1-2H3. The molecule has 0 aliphatic rings. The molecule has 2 aromatic heterocycles. The number of hydrogen-bond acceptors (Lipinski definition) is 4. The Morgan fingerprint density at radius 3 is 2.80 bits per heavy atom. The van der Waals surface area contributed by atoms with Crippen LogP contribution in [0.2, 0.25) is 0 Å². The Morgan fingerprint density at radius 1 is 1.30 bits per heavy atom. The van der Waals surface area contributed by atoms with Crippen molar-refractivity contribution in [1.29, 1.82) is 0 Å². The third-order valence-electron chi connectivity index (χ3n) is 3.19. The monoisotopic (exact) mass is 273 g/mol. The van der Waals surface area contributed by atoms with Crippen molar-refractivity contribution in [3.63, 3.8) is 0 Å². The molecule has 0 bridgehead atoms. The quantitative estimate of drug-likeness (QED) is 0.782. The van der Waals surface area contributed by atoms with Gasteiger partial charge in [0, 0.05) is 58.0 Å². The first-order chi connectivity index (χ1) is 9.66. The van der Waals surface area contributed by atoms with Gasteiger partial charge in [-0.3, -0.25) is 14.8 Å². The molecule has 0 unspecified atom stereocenters. The Labute approximate surface area is 118 Å². The third-order valence-corrected chi connectivity index (χ3v) is 3.19. The van der Waals surface area contributed by atoms with Gasteiger partial charge in [0.1, 0.15) is 5.82 Å². The Bertz CT molecular complexity index is 552. The van der Waals surface area contributed by atoms with Crippen molar-refractivity contribution in [2.24, 2.45) is 7.05 Å². The molecule has 0 atom stereocenters. The second-order valence-corrected chi connectivity index (χ2v) is 4.75. The van der Waals surface area contributed by atoms with Crippen molar-refractivity contribution in [2.45, 2.75) is 19.3 Å². The number of carbonyl (C=O) groups excluding carboxylic acids is 1. The predicted molar refractivity (Wildman–Crippen MR) is 74.9 cm³/mol. The number of aryl methyl sites for hydroxylation is 2. The van der Waals surface area contributed by atoms with E-state index in [4.69, 9.17) is 0 Å². The van der Waals surface area contributed by atoms with Gasteiger partial charge in [0.15, 0.2) is 0 Å². The summed E-state index contributed by atoms with van der Waals surface area (Å²) in [5, 5.41) is 0. The SMILES string of the molecule is CN(CCCc1nccn1C)C(=O)Cc1cnccn1. The number of nitrogens with zero attached hydrogens (tertiary/aromatic N) is 5. The molecular weight excluding hydrogens is 254 g/mol. The van der Waals surface area contributed by atoms with Gasteiger partial charge in [-0.1, -0.05) is 0 Å². The second kappa shape index (κ2) is 6.79. The minimum atomic E-state index is 0.0605. The molecule has 0 spiro atoms. The maximum absolute atomic E-state index is 12.0. The zero-order valence-corrected chi connectivity index (χ0v) is 11.9. The van der Waals surface area contributed by atoms with Crippen molar-refractivity contribution < 1.29 is 4.79 Å². The van der Waals surface area contributed by atoms with Gasteiger partial charge in [-0.15, -0.1) is 0 Å². The van der Waals surface area contributed by atoms with E-state index in [1.165, 1.54) is 0 Å². The first-order valence-corrected chi connectivity index (χ1v) is 6.62. The number of amides is 1. The van der Waals surface area contributed by atoms with Crippen LogP contribution in [-0.2, 0) is 24.7 Å². The molecule has 0 radical (unpaired) electrons. The number of hydrogen-bond donors (Lipinski definition) is 0. The second-order valence-electron chi connectivity index (χ2n) is 4.75. The largest absolute Gasteiger partial charge is 0.345 e. The molecule has 0 N–H and O–H groups in total. The molecule has 0 aliphatic heterocycles. The average Bonchev–Trinajstić information content (AvgIpc) is 2.85. The number of aromatic nitrogens is 4. The summed E-state index contributed by atoms with van der Waals surface area (Å²) in [4.78, 5) is 26.1. The van der Waals surface area contributed by atoms with Crippen LogP contribution in [0.25, 0.3) is 0 Å². The first kappa shape index (κ1) is 14.2. The van der Waals surface area contributed by atoms with Gasteiger partial charge in [-0.25, -0.2) is 4.98 Å². The van der Waals surface area contributed by atoms with Crippen molar-refractivity contribution in [3.8, 4) is 0 Å². The van der Waals surface area contributed by atoms with Crippen LogP contribution in [0.4, 0.5) is 0 Å². The molecule has 6 heteroatoms. The van der Waals surface area contributed by atoms with Crippen LogP contribution in [0, 0.1) is 0 Å². The predicted octanol–water partition coefficient (Wildman–Crippen LogP) is 0.844. The summed E-state index contributed by atoms with van der Waals surface area (Å²) in [7, 11) is 3.79. The number of imidazole rings is 1. The smallest absolute Gasteiger partial charge is 0.228 e. The molecule has 6 nitrogen and oxygen atoms in total. The summed E-state index contributed by atoms with van der Waals surface area (Å²) in [6.07, 6.45) is 10.6. The van der Waals surface area contributed by atoms with E-state index in [2.05, 4.69) is 15.0 Å². The number of carbonyl (C=O) groups is 1. The highest BCUT2D eigenvalue weighted by atomic mass is 16.2. The molecule has 2 rings (SSSR count). The highest BCUT2D eigenvalue weighted by molar-refractivity contribution is 5.77. The fourth-order valence-electron chi connectivity index (χ4n) is 1.95. The molecular formula is C14H19N5O. The molecule has 20 heavy (non-hydrogen) atoms. The zero-order valence-electron chi connectivity index (χ0n) is 11.9. The lowest BCUT2D eigenvalue weighted by atomic mass is 10.2. The van der Waals surface area contributed by atoms with E-state index >= 15 is 0 Å². The molecule has 0 saturated heterocycles. The van der Waals surface area contributed by atoms with Crippen molar-refractivity contribution >= 4 is 5.91 Å². The lowest BCUT2D eigenvalue weighted by Gasteiger charge is -2.16. The molecule has 2 aromatic rings. The van der Waals surface area contributed by atoms with Crippen LogP contribution < -0.4 is 0 Å². The average molecular weight is 273 g/mol. The molecule has 0 saturated carbocycles. The molecule has 1 amide bonds. The van der Waals surface area contributed by atoms with Crippen LogP contribution in [0.1, 0.15) is 17.9 Å².